The van der Waals surface area contributed by atoms with Gasteiger partial charge in [0.05, 0.1) is 68.4 Å². The van der Waals surface area contributed by atoms with Crippen LogP contribution in [0.25, 0.3) is 0 Å². The van der Waals surface area contributed by atoms with E-state index in [1.54, 1.807) is 0 Å². The predicted octanol–water partition coefficient (Wildman–Crippen LogP) is 17.8. The fourth-order valence-electron chi connectivity index (χ4n) is 8.05. The molecule has 0 aliphatic heterocycles. The number of rotatable bonds is 12. The predicted molar refractivity (Wildman–Crippen MR) is 307 cm³/mol. The Labute approximate surface area is 464 Å². The molecule has 0 saturated heterocycles. The molecule has 74 heavy (non-hydrogen) atoms. The molecular formula is C62H52Cl4Fe2N6. The molecule has 0 saturated carbocycles. The molecule has 9 aromatic rings. The van der Waals surface area contributed by atoms with Crippen molar-refractivity contribution in [3.05, 3.63) is 285 Å². The summed E-state index contributed by atoms with van der Waals surface area (Å²) < 4.78 is 0. The second-order valence-electron chi connectivity index (χ2n) is 17.2. The van der Waals surface area contributed by atoms with Gasteiger partial charge in [0.2, 0.25) is 0 Å². The van der Waals surface area contributed by atoms with E-state index in [9.17, 15) is 0 Å². The topological polar surface area (TPSA) is 75.2 Å². The van der Waals surface area contributed by atoms with E-state index in [0.29, 0.717) is 0 Å². The van der Waals surface area contributed by atoms with Crippen molar-refractivity contribution in [2.75, 3.05) is 0 Å². The molecule has 2 heterocycles. The number of aryl methyl sites for hydroxylation is 6. The molecule has 7 aromatic carbocycles. The average molecular weight is 1130 g/mol. The standard InChI is InChI=1S/C62H52N6.4ClH.2Fe/c1-41-33-35-43(3)55(37-41)65-59(47-21-11-7-12-22-47)51-29-19-31-53(63-51)61(49-25-15-9-16-26-49)67-57-39-46(6)58(40-45(57)5)68-62(50-27-17-10-18-28-50)54-32-20-30-52(64-54)60(48-23-13-8-14-24-48)66-56-38-42(2)34-36-44(56)4;;;;;;/h7-40H,1-6H3;4*1H;;/q;;;;;2*+2/p-4. The Morgan fingerprint density at radius 3 is 0.797 bits per heavy atom. The SMILES string of the molecule is Cc1ccc(C)c(N=C(c2ccccc2)c2cccc(C(=Nc3cc(C)c(N=C(c4ccccc4)c4cccc(C(=Nc5cc(C)ccc5C)c5ccccc5)n4)cc3C)c3ccccc3)n2)c1.[Cl][Fe][Cl].[Cl][Fe][Cl]. The fourth-order valence-corrected chi connectivity index (χ4v) is 8.05. The summed E-state index contributed by atoms with van der Waals surface area (Å²) in [7, 11) is 19.1. The molecule has 2 aromatic heterocycles. The zero-order valence-electron chi connectivity index (χ0n) is 41.5. The van der Waals surface area contributed by atoms with Crippen LogP contribution in [0.4, 0.5) is 22.7 Å². The fraction of sp³-hybridized carbons (Fsp3) is 0.0968. The van der Waals surface area contributed by atoms with Crippen LogP contribution in [0.15, 0.2) is 226 Å². The first-order valence-corrected chi connectivity index (χ1v) is 29.6. The molecule has 0 N–H and O–H groups in total. The number of aromatic nitrogens is 2. The molecule has 0 unspecified atom stereocenters. The molecule has 0 radical (unpaired) electrons. The summed E-state index contributed by atoms with van der Waals surface area (Å²) in [5.41, 5.74) is 19.9. The first-order valence-electron chi connectivity index (χ1n) is 23.5. The van der Waals surface area contributed by atoms with Gasteiger partial charge in [-0.2, -0.15) is 0 Å². The molecule has 0 aliphatic carbocycles. The van der Waals surface area contributed by atoms with Crippen LogP contribution in [0.1, 0.15) is 78.4 Å². The quantitative estimate of drug-likeness (QED) is 0.0903. The van der Waals surface area contributed by atoms with Crippen LogP contribution in [0.2, 0.25) is 0 Å². The van der Waals surface area contributed by atoms with Crippen molar-refractivity contribution in [2.45, 2.75) is 41.5 Å². The van der Waals surface area contributed by atoms with Gasteiger partial charge in [-0.1, -0.05) is 158 Å². The molecule has 0 spiro atoms. The maximum absolute atomic E-state index is 5.42. The van der Waals surface area contributed by atoms with E-state index in [1.165, 1.54) is 0 Å². The number of benzene rings is 7. The van der Waals surface area contributed by atoms with Crippen LogP contribution in [-0.4, -0.2) is 32.8 Å². The van der Waals surface area contributed by atoms with Crippen molar-refractivity contribution in [3.8, 4) is 0 Å². The number of hydrogen-bond acceptors (Lipinski definition) is 6. The van der Waals surface area contributed by atoms with Crippen LogP contribution in [0.3, 0.4) is 0 Å². The van der Waals surface area contributed by atoms with Gasteiger partial charge in [-0.05, 0) is 123 Å². The molecule has 12 heteroatoms. The van der Waals surface area contributed by atoms with E-state index in [-0.39, 0.29) is 26.3 Å². The number of aliphatic imine (C=N–C) groups is 4. The Morgan fingerprint density at radius 2 is 0.541 bits per heavy atom. The normalized spacial score (nSPS) is 11.9. The summed E-state index contributed by atoms with van der Waals surface area (Å²) in [5, 5.41) is 0. The van der Waals surface area contributed by atoms with Crippen LogP contribution in [0, 0.1) is 41.5 Å². The van der Waals surface area contributed by atoms with Crippen molar-refractivity contribution in [1.29, 1.82) is 0 Å². The summed E-state index contributed by atoms with van der Waals surface area (Å²) >= 11 is 0.389. The van der Waals surface area contributed by atoms with Crippen LogP contribution in [0.5, 0.6) is 0 Å². The molecular weight excluding hydrogens is 1080 g/mol. The van der Waals surface area contributed by atoms with Crippen molar-refractivity contribution in [3.63, 3.8) is 0 Å². The van der Waals surface area contributed by atoms with E-state index in [0.717, 1.165) is 124 Å². The van der Waals surface area contributed by atoms with E-state index in [4.69, 9.17) is 70.3 Å². The molecule has 0 fully saturated rings. The van der Waals surface area contributed by atoms with Gasteiger partial charge in [0.1, 0.15) is 0 Å². The Hall–Kier alpha value is -6.28. The third-order valence-corrected chi connectivity index (χ3v) is 11.8. The van der Waals surface area contributed by atoms with Crippen LogP contribution in [-0.2, 0) is 26.3 Å². The Morgan fingerprint density at radius 1 is 0.297 bits per heavy atom. The van der Waals surface area contributed by atoms with Gasteiger partial charge in [-0.15, -0.1) is 0 Å². The van der Waals surface area contributed by atoms with Crippen LogP contribution >= 0.6 is 40.4 Å². The summed E-state index contributed by atoms with van der Waals surface area (Å²) in [4.78, 5) is 32.0. The van der Waals surface area contributed by atoms with E-state index >= 15 is 0 Å². The molecule has 374 valence electrons. The molecule has 0 amide bonds. The third-order valence-electron chi connectivity index (χ3n) is 11.8. The molecule has 0 atom stereocenters. The van der Waals surface area contributed by atoms with E-state index in [2.05, 4.69) is 139 Å². The van der Waals surface area contributed by atoms with E-state index < -0.39 is 0 Å². The van der Waals surface area contributed by atoms with Gasteiger partial charge < -0.3 is 0 Å². The van der Waals surface area contributed by atoms with Crippen molar-refractivity contribution >= 4 is 86.0 Å². The van der Waals surface area contributed by atoms with Crippen molar-refractivity contribution in [2.24, 2.45) is 20.0 Å². The van der Waals surface area contributed by atoms with Gasteiger partial charge in [-0.3, -0.25) is 0 Å². The maximum atomic E-state index is 5.42. The van der Waals surface area contributed by atoms with Crippen molar-refractivity contribution in [1.82, 2.24) is 9.97 Å². The minimum atomic E-state index is 0.194. The molecule has 0 bridgehead atoms. The molecule has 0 aliphatic rings. The minimum absolute atomic E-state index is 0.194. The van der Waals surface area contributed by atoms with Crippen molar-refractivity contribution < 1.29 is 26.3 Å². The summed E-state index contributed by atoms with van der Waals surface area (Å²) in [6.07, 6.45) is 0. The number of halogens is 4. The Kier molecular flexibility index (Phi) is 20.9. The molecule has 9 rings (SSSR count). The second-order valence-corrected chi connectivity index (χ2v) is 20.9. The monoisotopic (exact) mass is 1130 g/mol. The van der Waals surface area contributed by atoms with Crippen LogP contribution < -0.4 is 0 Å². The third kappa shape index (κ3) is 14.9. The zero-order valence-corrected chi connectivity index (χ0v) is 46.8. The average Bonchev–Trinajstić information content (AvgIpc) is 3.42. The summed E-state index contributed by atoms with van der Waals surface area (Å²) in [6.45, 7) is 12.5. The summed E-state index contributed by atoms with van der Waals surface area (Å²) in [5.74, 6) is 0. The first-order chi connectivity index (χ1) is 36.0. The number of hydrogen-bond donors (Lipinski definition) is 0. The van der Waals surface area contributed by atoms with Gasteiger partial charge in [0, 0.05) is 22.3 Å². The summed E-state index contributed by atoms with van der Waals surface area (Å²) in [6, 6.07) is 70.2. The first kappa shape index (κ1) is 55.5. The Bertz CT molecular complexity index is 3210. The van der Waals surface area contributed by atoms with Gasteiger partial charge in [-0.25, -0.2) is 29.9 Å². The number of nitrogens with zero attached hydrogens (tertiary/aromatic N) is 6. The van der Waals surface area contributed by atoms with Gasteiger partial charge in [0.25, 0.3) is 0 Å². The van der Waals surface area contributed by atoms with Gasteiger partial charge >= 0.3 is 66.7 Å². The zero-order chi connectivity index (χ0) is 52.4. The Balaban J connectivity index is 0.00000127. The second kappa shape index (κ2) is 27.9. The molecule has 6 nitrogen and oxygen atoms in total. The number of pyridine rings is 2. The van der Waals surface area contributed by atoms with E-state index in [1.807, 2.05) is 109 Å². The van der Waals surface area contributed by atoms with Gasteiger partial charge in [0.15, 0.2) is 0 Å².